The molecule has 2 aromatic carbocycles. The van der Waals surface area contributed by atoms with E-state index in [4.69, 9.17) is 5.73 Å². The second kappa shape index (κ2) is 9.96. The fraction of sp³-hybridized carbons (Fsp3) is 0.240. The summed E-state index contributed by atoms with van der Waals surface area (Å²) in [7, 11) is 0. The number of hydrogen-bond acceptors (Lipinski definition) is 4. The lowest BCUT2D eigenvalue weighted by molar-refractivity contribution is -0.125. The van der Waals surface area contributed by atoms with Crippen molar-refractivity contribution in [1.82, 2.24) is 16.2 Å². The van der Waals surface area contributed by atoms with Gasteiger partial charge in [-0.25, -0.2) is 0 Å². The Balaban J connectivity index is 1.21. The summed E-state index contributed by atoms with van der Waals surface area (Å²) < 4.78 is 0. The first kappa shape index (κ1) is 21.4. The Labute approximate surface area is 187 Å². The van der Waals surface area contributed by atoms with Crippen molar-refractivity contribution in [3.63, 3.8) is 0 Å². The Morgan fingerprint density at radius 2 is 1.78 bits per heavy atom. The van der Waals surface area contributed by atoms with Crippen molar-refractivity contribution in [1.29, 1.82) is 0 Å². The molecular weight excluding hydrogens is 402 g/mol. The van der Waals surface area contributed by atoms with E-state index in [-0.39, 0.29) is 23.7 Å². The number of rotatable bonds is 7. The highest BCUT2D eigenvalue weighted by Crippen LogP contribution is 2.23. The number of hydrazine groups is 1. The molecule has 0 bridgehead atoms. The van der Waals surface area contributed by atoms with Crippen molar-refractivity contribution in [3.8, 4) is 11.1 Å². The number of nitrogens with two attached hydrogens (primary N) is 1. The third-order valence-electron chi connectivity index (χ3n) is 5.54. The lowest BCUT2D eigenvalue weighted by atomic mass is 9.85. The molecule has 2 amide bonds. The zero-order chi connectivity index (χ0) is 22.3. The molecule has 2 aromatic rings. The summed E-state index contributed by atoms with van der Waals surface area (Å²) in [4.78, 5) is 28.7. The molecule has 0 aromatic heterocycles. The molecule has 0 spiro atoms. The molecule has 0 saturated carbocycles. The Morgan fingerprint density at radius 1 is 1.00 bits per heavy atom. The van der Waals surface area contributed by atoms with Gasteiger partial charge in [-0.05, 0) is 35.2 Å². The van der Waals surface area contributed by atoms with Gasteiger partial charge in [0.25, 0.3) is 0 Å². The van der Waals surface area contributed by atoms with Crippen LogP contribution in [0.5, 0.6) is 0 Å². The van der Waals surface area contributed by atoms with Crippen LogP contribution in [0, 0.1) is 11.8 Å². The molecule has 2 unspecified atom stereocenters. The first-order valence-corrected chi connectivity index (χ1v) is 10.8. The maximum Gasteiger partial charge on any atom is 0.246 e. The first-order valence-electron chi connectivity index (χ1n) is 10.8. The summed E-state index contributed by atoms with van der Waals surface area (Å²) in [6.07, 6.45) is 8.73. The fourth-order valence-corrected chi connectivity index (χ4v) is 3.84. The van der Waals surface area contributed by atoms with Gasteiger partial charge in [0.15, 0.2) is 0 Å². The minimum absolute atomic E-state index is 0.0159. The normalized spacial score (nSPS) is 20.4. The zero-order valence-electron chi connectivity index (χ0n) is 17.8. The van der Waals surface area contributed by atoms with Crippen LogP contribution in [0.4, 0.5) is 5.69 Å². The molecule has 4 rings (SSSR count). The largest absolute Gasteiger partial charge is 0.399 e. The number of amidine groups is 1. The van der Waals surface area contributed by atoms with Crippen LogP contribution in [0.2, 0.25) is 0 Å². The van der Waals surface area contributed by atoms with Gasteiger partial charge in [0.1, 0.15) is 5.84 Å². The summed E-state index contributed by atoms with van der Waals surface area (Å²) in [6, 6.07) is 15.7. The van der Waals surface area contributed by atoms with Gasteiger partial charge in [-0.2, -0.15) is 0 Å². The number of aliphatic imine (C=N–C) groups is 1. The SMILES string of the molecule is Nc1cccc(-c2ccc(CC(=O)NCCCN=C3NNC(=O)C4C=CC=CC34)cc2)c1. The summed E-state index contributed by atoms with van der Waals surface area (Å²) in [5, 5.41) is 2.95. The van der Waals surface area contributed by atoms with E-state index in [2.05, 4.69) is 21.2 Å². The quantitative estimate of drug-likeness (QED) is 0.400. The van der Waals surface area contributed by atoms with Gasteiger partial charge in [-0.1, -0.05) is 60.7 Å². The lowest BCUT2D eigenvalue weighted by Crippen LogP contribution is -2.55. The molecule has 1 aliphatic heterocycles. The van der Waals surface area contributed by atoms with Gasteiger partial charge in [0.2, 0.25) is 11.8 Å². The molecule has 1 heterocycles. The van der Waals surface area contributed by atoms with Crippen LogP contribution < -0.4 is 21.9 Å². The summed E-state index contributed by atoms with van der Waals surface area (Å²) in [5.74, 6) is 0.409. The van der Waals surface area contributed by atoms with Crippen molar-refractivity contribution >= 4 is 23.3 Å². The van der Waals surface area contributed by atoms with Gasteiger partial charge in [0, 0.05) is 18.8 Å². The molecule has 2 atom stereocenters. The van der Waals surface area contributed by atoms with Gasteiger partial charge in [0.05, 0.1) is 18.3 Å². The van der Waals surface area contributed by atoms with E-state index in [0.29, 0.717) is 19.5 Å². The Kier molecular flexibility index (Phi) is 6.65. The van der Waals surface area contributed by atoms with E-state index in [9.17, 15) is 9.59 Å². The summed E-state index contributed by atoms with van der Waals surface area (Å²) in [6.45, 7) is 1.11. The van der Waals surface area contributed by atoms with Crippen LogP contribution >= 0.6 is 0 Å². The maximum atomic E-state index is 12.3. The predicted octanol–water partition coefficient (Wildman–Crippen LogP) is 2.38. The van der Waals surface area contributed by atoms with Crippen LogP contribution in [-0.4, -0.2) is 30.7 Å². The van der Waals surface area contributed by atoms with Gasteiger partial charge < -0.3 is 11.1 Å². The molecular formula is C25H27N5O2. The van der Waals surface area contributed by atoms with E-state index in [1.165, 1.54) is 0 Å². The van der Waals surface area contributed by atoms with Gasteiger partial charge in [-0.15, -0.1) is 0 Å². The number of nitrogens with zero attached hydrogens (tertiary/aromatic N) is 1. The minimum Gasteiger partial charge on any atom is -0.399 e. The van der Waals surface area contributed by atoms with E-state index in [1.54, 1.807) is 0 Å². The number of hydrogen-bond donors (Lipinski definition) is 4. The number of allylic oxidation sites excluding steroid dienone is 2. The number of amides is 2. The molecule has 7 heteroatoms. The van der Waals surface area contributed by atoms with Gasteiger partial charge >= 0.3 is 0 Å². The molecule has 164 valence electrons. The van der Waals surface area contributed by atoms with E-state index < -0.39 is 0 Å². The predicted molar refractivity (Wildman–Crippen MR) is 126 cm³/mol. The Morgan fingerprint density at radius 3 is 2.56 bits per heavy atom. The molecule has 1 fully saturated rings. The summed E-state index contributed by atoms with van der Waals surface area (Å²) >= 11 is 0. The highest BCUT2D eigenvalue weighted by molar-refractivity contribution is 5.98. The number of carbonyl (C=O) groups is 2. The third-order valence-corrected chi connectivity index (χ3v) is 5.54. The number of benzene rings is 2. The van der Waals surface area contributed by atoms with E-state index >= 15 is 0 Å². The minimum atomic E-state index is -0.217. The number of nitrogen functional groups attached to an aromatic ring is 1. The van der Waals surface area contributed by atoms with Crippen LogP contribution in [-0.2, 0) is 16.0 Å². The third kappa shape index (κ3) is 5.24. The molecule has 1 aliphatic carbocycles. The second-order valence-electron chi connectivity index (χ2n) is 7.91. The smallest absolute Gasteiger partial charge is 0.246 e. The van der Waals surface area contributed by atoms with Crippen molar-refractivity contribution in [3.05, 3.63) is 78.4 Å². The maximum absolute atomic E-state index is 12.3. The van der Waals surface area contributed by atoms with Crippen molar-refractivity contribution in [2.24, 2.45) is 16.8 Å². The van der Waals surface area contributed by atoms with Crippen LogP contribution in [0.1, 0.15) is 12.0 Å². The highest BCUT2D eigenvalue weighted by atomic mass is 16.2. The fourth-order valence-electron chi connectivity index (χ4n) is 3.84. The highest BCUT2D eigenvalue weighted by Gasteiger charge is 2.33. The average Bonchev–Trinajstić information content (AvgIpc) is 2.81. The topological polar surface area (TPSA) is 109 Å². The second-order valence-corrected chi connectivity index (χ2v) is 7.91. The molecule has 32 heavy (non-hydrogen) atoms. The van der Waals surface area contributed by atoms with Crippen LogP contribution in [0.15, 0.2) is 77.8 Å². The number of carbonyl (C=O) groups excluding carboxylic acids is 2. The van der Waals surface area contributed by atoms with Crippen LogP contribution in [0.3, 0.4) is 0 Å². The Hall–Kier alpha value is -3.87. The molecule has 7 nitrogen and oxygen atoms in total. The lowest BCUT2D eigenvalue weighted by Gasteiger charge is -2.31. The summed E-state index contributed by atoms with van der Waals surface area (Å²) in [5.41, 5.74) is 15.2. The zero-order valence-corrected chi connectivity index (χ0v) is 17.8. The molecule has 5 N–H and O–H groups in total. The molecule has 1 saturated heterocycles. The van der Waals surface area contributed by atoms with E-state index in [0.717, 1.165) is 34.6 Å². The van der Waals surface area contributed by atoms with Crippen molar-refractivity contribution in [2.75, 3.05) is 18.8 Å². The average molecular weight is 430 g/mol. The van der Waals surface area contributed by atoms with Crippen molar-refractivity contribution in [2.45, 2.75) is 12.8 Å². The molecule has 2 aliphatic rings. The number of nitrogens with one attached hydrogen (secondary N) is 3. The van der Waals surface area contributed by atoms with Gasteiger partial charge in [-0.3, -0.25) is 25.4 Å². The van der Waals surface area contributed by atoms with Crippen LogP contribution in [0.25, 0.3) is 11.1 Å². The molecule has 0 radical (unpaired) electrons. The first-order chi connectivity index (χ1) is 15.6. The number of anilines is 1. The van der Waals surface area contributed by atoms with Crippen molar-refractivity contribution < 1.29 is 9.59 Å². The Bertz CT molecular complexity index is 1070. The van der Waals surface area contributed by atoms with E-state index in [1.807, 2.05) is 72.8 Å². The monoisotopic (exact) mass is 429 g/mol. The standard InChI is InChI=1S/C25H27N5O2/c26-20-6-3-5-19(16-20)18-11-9-17(10-12-18)15-23(31)27-13-4-14-28-24-21-7-1-2-8-22(21)25(32)30-29-24/h1-3,5-12,16,21-22H,4,13-15,26H2,(H,27,31)(H,28,29)(H,30,32). The number of fused-ring (bicyclic) bond motifs is 1.